The molecule has 1 heterocycles. The van der Waals surface area contributed by atoms with Crippen molar-refractivity contribution in [3.8, 4) is 0 Å². The van der Waals surface area contributed by atoms with Crippen LogP contribution >= 0.6 is 15.9 Å². The molecule has 0 radical (unpaired) electrons. The first-order valence-corrected chi connectivity index (χ1v) is 5.13. The molecule has 4 nitrogen and oxygen atoms in total. The van der Waals surface area contributed by atoms with Crippen LogP contribution in [0.15, 0.2) is 34.9 Å². The fourth-order valence-corrected chi connectivity index (χ4v) is 1.67. The van der Waals surface area contributed by atoms with E-state index in [4.69, 9.17) is 0 Å². The van der Waals surface area contributed by atoms with Gasteiger partial charge >= 0.3 is 0 Å². The minimum Gasteiger partial charge on any atom is -0.287 e. The number of rotatable bonds is 2. The monoisotopic (exact) mass is 265 g/mol. The van der Waals surface area contributed by atoms with Crippen LogP contribution in [0.2, 0.25) is 0 Å². The van der Waals surface area contributed by atoms with Crippen molar-refractivity contribution in [2.75, 3.05) is 0 Å². The second-order valence-electron chi connectivity index (χ2n) is 3.08. The van der Waals surface area contributed by atoms with Crippen molar-refractivity contribution in [1.29, 1.82) is 0 Å². The van der Waals surface area contributed by atoms with Gasteiger partial charge in [0.1, 0.15) is 5.69 Å². The van der Waals surface area contributed by atoms with E-state index in [-0.39, 0.29) is 5.78 Å². The summed E-state index contributed by atoms with van der Waals surface area (Å²) in [5, 5.41) is 7.39. The summed E-state index contributed by atoms with van der Waals surface area (Å²) in [5.74, 6) is -0.0798. The van der Waals surface area contributed by atoms with Gasteiger partial charge in [-0.3, -0.25) is 4.79 Å². The first kappa shape index (κ1) is 10.0. The predicted octanol–water partition coefficient (Wildman–Crippen LogP) is 1.81. The Morgan fingerprint density at radius 3 is 2.87 bits per heavy atom. The van der Waals surface area contributed by atoms with Crippen LogP contribution in [0.1, 0.15) is 16.1 Å². The van der Waals surface area contributed by atoms with Crippen LogP contribution in [0.25, 0.3) is 0 Å². The largest absolute Gasteiger partial charge is 0.287 e. The first-order chi connectivity index (χ1) is 7.18. The molecule has 0 aliphatic carbocycles. The van der Waals surface area contributed by atoms with Gasteiger partial charge in [0.15, 0.2) is 0 Å². The predicted molar refractivity (Wildman–Crippen MR) is 58.6 cm³/mol. The van der Waals surface area contributed by atoms with Gasteiger partial charge in [-0.05, 0) is 12.1 Å². The van der Waals surface area contributed by atoms with Gasteiger partial charge in [-0.1, -0.05) is 33.3 Å². The number of nitrogens with zero attached hydrogens (tertiary/aromatic N) is 3. The molecule has 1 aromatic heterocycles. The van der Waals surface area contributed by atoms with Crippen molar-refractivity contribution in [2.45, 2.75) is 0 Å². The van der Waals surface area contributed by atoms with Crippen LogP contribution < -0.4 is 0 Å². The summed E-state index contributed by atoms with van der Waals surface area (Å²) in [6.07, 6.45) is 1.46. The number of aryl methyl sites for hydroxylation is 1. The van der Waals surface area contributed by atoms with Gasteiger partial charge in [0.05, 0.1) is 6.20 Å². The molecule has 0 fully saturated rings. The molecular formula is C10H8BrN3O. The van der Waals surface area contributed by atoms with Crippen molar-refractivity contribution < 1.29 is 4.79 Å². The van der Waals surface area contributed by atoms with Crippen LogP contribution in [0.5, 0.6) is 0 Å². The maximum absolute atomic E-state index is 12.0. The number of carbonyl (C=O) groups excluding carboxylic acids is 1. The Hall–Kier alpha value is -1.49. The average molecular weight is 266 g/mol. The van der Waals surface area contributed by atoms with Crippen LogP contribution in [0, 0.1) is 0 Å². The maximum atomic E-state index is 12.0. The summed E-state index contributed by atoms with van der Waals surface area (Å²) in [4.78, 5) is 12.0. The molecule has 2 aromatic rings. The second-order valence-corrected chi connectivity index (χ2v) is 4.00. The quantitative estimate of drug-likeness (QED) is 0.779. The molecule has 0 N–H and O–H groups in total. The highest BCUT2D eigenvalue weighted by molar-refractivity contribution is 9.10. The van der Waals surface area contributed by atoms with E-state index in [0.717, 1.165) is 4.47 Å². The van der Waals surface area contributed by atoms with Gasteiger partial charge in [0.2, 0.25) is 5.78 Å². The Morgan fingerprint density at radius 1 is 1.47 bits per heavy atom. The van der Waals surface area contributed by atoms with E-state index >= 15 is 0 Å². The molecule has 15 heavy (non-hydrogen) atoms. The molecule has 0 aliphatic heterocycles. The Bertz CT molecular complexity index is 507. The van der Waals surface area contributed by atoms with Crippen molar-refractivity contribution in [3.05, 3.63) is 46.2 Å². The highest BCUT2D eigenvalue weighted by Crippen LogP contribution is 2.14. The van der Waals surface area contributed by atoms with E-state index in [2.05, 4.69) is 26.2 Å². The van der Waals surface area contributed by atoms with E-state index in [1.54, 1.807) is 19.2 Å². The number of carbonyl (C=O) groups is 1. The van der Waals surface area contributed by atoms with Crippen molar-refractivity contribution in [3.63, 3.8) is 0 Å². The van der Waals surface area contributed by atoms with Crippen LogP contribution in [-0.2, 0) is 7.05 Å². The summed E-state index contributed by atoms with van der Waals surface area (Å²) in [6, 6.07) is 7.23. The lowest BCUT2D eigenvalue weighted by Crippen LogP contribution is -2.07. The van der Waals surface area contributed by atoms with Gasteiger partial charge < -0.3 is 0 Å². The SMILES string of the molecule is Cn1nncc1C(=O)c1cccc(Br)c1. The number of halogens is 1. The van der Waals surface area contributed by atoms with Gasteiger partial charge in [-0.15, -0.1) is 5.10 Å². The molecule has 0 aliphatic rings. The molecule has 0 unspecified atom stereocenters. The molecule has 0 atom stereocenters. The van der Waals surface area contributed by atoms with Crippen molar-refractivity contribution in [2.24, 2.45) is 7.05 Å². The van der Waals surface area contributed by atoms with Gasteiger partial charge in [0.25, 0.3) is 0 Å². The summed E-state index contributed by atoms with van der Waals surface area (Å²) < 4.78 is 2.34. The lowest BCUT2D eigenvalue weighted by atomic mass is 10.1. The minimum absolute atomic E-state index is 0.0798. The third kappa shape index (κ3) is 1.97. The highest BCUT2D eigenvalue weighted by atomic mass is 79.9. The third-order valence-electron chi connectivity index (χ3n) is 2.03. The first-order valence-electron chi connectivity index (χ1n) is 4.33. The number of aromatic nitrogens is 3. The zero-order valence-corrected chi connectivity index (χ0v) is 9.60. The number of hydrogen-bond acceptors (Lipinski definition) is 3. The number of ketones is 1. The smallest absolute Gasteiger partial charge is 0.212 e. The molecule has 0 amide bonds. The molecule has 5 heteroatoms. The molecule has 0 spiro atoms. The Balaban J connectivity index is 2.41. The van der Waals surface area contributed by atoms with E-state index in [1.807, 2.05) is 12.1 Å². The molecule has 0 bridgehead atoms. The standard InChI is InChI=1S/C10H8BrN3O/c1-14-9(6-12-13-14)10(15)7-3-2-4-8(11)5-7/h2-6H,1H3. The topological polar surface area (TPSA) is 47.8 Å². The van der Waals surface area contributed by atoms with Crippen LogP contribution in [-0.4, -0.2) is 20.8 Å². The Kier molecular flexibility index (Phi) is 2.64. The second kappa shape index (κ2) is 3.94. The molecule has 76 valence electrons. The van der Waals surface area contributed by atoms with E-state index in [0.29, 0.717) is 11.3 Å². The number of hydrogen-bond donors (Lipinski definition) is 0. The lowest BCUT2D eigenvalue weighted by Gasteiger charge is -2.00. The van der Waals surface area contributed by atoms with Crippen molar-refractivity contribution in [1.82, 2.24) is 15.0 Å². The zero-order chi connectivity index (χ0) is 10.8. The van der Waals surface area contributed by atoms with Crippen LogP contribution in [0.4, 0.5) is 0 Å². The molecule has 0 saturated heterocycles. The molecular weight excluding hydrogens is 258 g/mol. The molecule has 0 saturated carbocycles. The lowest BCUT2D eigenvalue weighted by molar-refractivity contribution is 0.103. The van der Waals surface area contributed by atoms with E-state index < -0.39 is 0 Å². The van der Waals surface area contributed by atoms with Gasteiger partial charge in [-0.25, -0.2) is 4.68 Å². The van der Waals surface area contributed by atoms with E-state index in [1.165, 1.54) is 10.9 Å². The zero-order valence-electron chi connectivity index (χ0n) is 8.01. The van der Waals surface area contributed by atoms with Crippen LogP contribution in [0.3, 0.4) is 0 Å². The van der Waals surface area contributed by atoms with Crippen molar-refractivity contribution >= 4 is 21.7 Å². The summed E-state index contributed by atoms with van der Waals surface area (Å²) in [5.41, 5.74) is 1.10. The normalized spacial score (nSPS) is 10.3. The maximum Gasteiger partial charge on any atom is 0.212 e. The fourth-order valence-electron chi connectivity index (χ4n) is 1.27. The number of benzene rings is 1. The van der Waals surface area contributed by atoms with Gasteiger partial charge in [0, 0.05) is 17.1 Å². The molecule has 1 aromatic carbocycles. The molecule has 2 rings (SSSR count). The summed E-state index contributed by atoms with van der Waals surface area (Å²) in [7, 11) is 1.69. The summed E-state index contributed by atoms with van der Waals surface area (Å²) in [6.45, 7) is 0. The Labute approximate surface area is 95.0 Å². The Morgan fingerprint density at radius 2 is 2.27 bits per heavy atom. The van der Waals surface area contributed by atoms with E-state index in [9.17, 15) is 4.79 Å². The minimum atomic E-state index is -0.0798. The average Bonchev–Trinajstić information content (AvgIpc) is 2.63. The highest BCUT2D eigenvalue weighted by Gasteiger charge is 2.13. The van der Waals surface area contributed by atoms with Gasteiger partial charge in [-0.2, -0.15) is 0 Å². The third-order valence-corrected chi connectivity index (χ3v) is 2.53. The fraction of sp³-hybridized carbons (Fsp3) is 0.100. The summed E-state index contributed by atoms with van der Waals surface area (Å²) >= 11 is 3.32.